The van der Waals surface area contributed by atoms with Crippen LogP contribution in [0.1, 0.15) is 46.0 Å². The minimum Gasteiger partial charge on any atom is -0.353 e. The van der Waals surface area contributed by atoms with Crippen LogP contribution in [0.25, 0.3) is 0 Å². The Labute approximate surface area is 108 Å². The quantitative estimate of drug-likeness (QED) is 0.664. The second-order valence-corrected chi connectivity index (χ2v) is 4.98. The number of hydrogen-bond acceptors (Lipinski definition) is 2. The molecule has 0 unspecified atom stereocenters. The van der Waals surface area contributed by atoms with E-state index in [1.165, 1.54) is 0 Å². The van der Waals surface area contributed by atoms with E-state index in [1.54, 1.807) is 0 Å². The zero-order chi connectivity index (χ0) is 13.4. The van der Waals surface area contributed by atoms with E-state index in [9.17, 15) is 8.78 Å². The van der Waals surface area contributed by atoms with Crippen LogP contribution in [0.3, 0.4) is 0 Å². The van der Waals surface area contributed by atoms with Crippen LogP contribution < -0.4 is 0 Å². The molecule has 104 valence electrons. The Bertz CT molecular complexity index is 297. The number of ether oxygens (including phenoxy) is 2. The molecule has 0 N–H and O–H groups in total. The summed E-state index contributed by atoms with van der Waals surface area (Å²) in [6.07, 6.45) is 1.70. The molecule has 0 aromatic rings. The summed E-state index contributed by atoms with van der Waals surface area (Å²) in [4.78, 5) is 0. The monoisotopic (exact) mass is 260 g/mol. The van der Waals surface area contributed by atoms with E-state index in [0.717, 1.165) is 12.8 Å². The predicted octanol–water partition coefficient (Wildman–Crippen LogP) is 4.27. The normalized spacial score (nSPS) is 16.7. The van der Waals surface area contributed by atoms with Crippen molar-refractivity contribution in [3.05, 3.63) is 17.4 Å². The average Bonchev–Trinajstić information content (AvgIpc) is 2.33. The highest BCUT2D eigenvalue weighted by Crippen LogP contribution is 2.20. The van der Waals surface area contributed by atoms with Gasteiger partial charge in [-0.1, -0.05) is 19.6 Å². The number of hydrogen-bond donors (Lipinski definition) is 0. The Morgan fingerprint density at radius 2 is 1.89 bits per heavy atom. The Morgan fingerprint density at radius 3 is 2.44 bits per heavy atom. The van der Waals surface area contributed by atoms with Crippen molar-refractivity contribution in [1.29, 1.82) is 0 Å². The van der Waals surface area contributed by atoms with Gasteiger partial charge in [-0.3, -0.25) is 0 Å². The van der Waals surface area contributed by atoms with Gasteiger partial charge in [-0.05, 0) is 37.2 Å². The molecule has 0 aromatic heterocycles. The molecule has 1 aliphatic heterocycles. The van der Waals surface area contributed by atoms with Crippen molar-refractivity contribution < 1.29 is 18.3 Å². The van der Waals surface area contributed by atoms with E-state index in [0.29, 0.717) is 44.0 Å². The van der Waals surface area contributed by atoms with E-state index in [4.69, 9.17) is 9.47 Å². The average molecular weight is 260 g/mol. The highest BCUT2D eigenvalue weighted by atomic mass is 19.3. The molecule has 1 rings (SSSR count). The molecule has 2 nitrogen and oxygen atoms in total. The standard InChI is InChI=1S/C14H22F2O2/c1-11(2)4-5-12(10-13(15)16)6-7-14-17-8-3-9-18-14/h11,14H,3-9H2,1-2H3. The summed E-state index contributed by atoms with van der Waals surface area (Å²) in [6, 6.07) is 0. The molecule has 0 saturated carbocycles. The smallest absolute Gasteiger partial charge is 0.313 e. The van der Waals surface area contributed by atoms with Crippen LogP contribution >= 0.6 is 0 Å². The predicted molar refractivity (Wildman–Crippen MR) is 66.4 cm³/mol. The lowest BCUT2D eigenvalue weighted by Crippen LogP contribution is -2.24. The molecule has 1 heterocycles. The van der Waals surface area contributed by atoms with Gasteiger partial charge in [0.05, 0.1) is 13.2 Å². The molecular formula is C14H22F2O2. The molecule has 0 bridgehead atoms. The first-order chi connectivity index (χ1) is 8.58. The summed E-state index contributed by atoms with van der Waals surface area (Å²) in [5.74, 6) is 0.506. The van der Waals surface area contributed by atoms with Crippen molar-refractivity contribution in [1.82, 2.24) is 0 Å². The Morgan fingerprint density at radius 1 is 1.22 bits per heavy atom. The van der Waals surface area contributed by atoms with Crippen LogP contribution in [0.4, 0.5) is 8.78 Å². The van der Waals surface area contributed by atoms with Gasteiger partial charge in [0.25, 0.3) is 0 Å². The minimum absolute atomic E-state index is 0.239. The molecule has 0 aliphatic carbocycles. The molecule has 0 spiro atoms. The first-order valence-corrected chi connectivity index (χ1v) is 6.61. The number of rotatable bonds is 6. The lowest BCUT2D eigenvalue weighted by Gasteiger charge is -2.23. The molecule has 18 heavy (non-hydrogen) atoms. The maximum atomic E-state index is 12.3. The van der Waals surface area contributed by atoms with Gasteiger partial charge in [0, 0.05) is 6.42 Å². The Kier molecular flexibility index (Phi) is 7.18. The SMILES string of the molecule is CC(C)CCC(=C=C(F)F)CCC1OCCCO1. The Balaban J connectivity index is 2.43. The van der Waals surface area contributed by atoms with E-state index >= 15 is 0 Å². The Hall–Kier alpha value is -0.700. The molecule has 1 saturated heterocycles. The highest BCUT2D eigenvalue weighted by Gasteiger charge is 2.14. The van der Waals surface area contributed by atoms with Crippen molar-refractivity contribution in [2.24, 2.45) is 5.92 Å². The van der Waals surface area contributed by atoms with E-state index in [1.807, 2.05) is 0 Å². The van der Waals surface area contributed by atoms with E-state index in [2.05, 4.69) is 19.6 Å². The summed E-state index contributed by atoms with van der Waals surface area (Å²) in [5.41, 5.74) is 2.83. The third-order valence-corrected chi connectivity index (χ3v) is 2.87. The third kappa shape index (κ3) is 6.90. The van der Waals surface area contributed by atoms with Gasteiger partial charge >= 0.3 is 6.08 Å². The van der Waals surface area contributed by atoms with Crippen molar-refractivity contribution in [3.8, 4) is 0 Å². The largest absolute Gasteiger partial charge is 0.353 e. The van der Waals surface area contributed by atoms with Gasteiger partial charge in [0.1, 0.15) is 0 Å². The molecular weight excluding hydrogens is 238 g/mol. The van der Waals surface area contributed by atoms with E-state index < -0.39 is 6.08 Å². The van der Waals surface area contributed by atoms with Crippen LogP contribution in [-0.4, -0.2) is 19.5 Å². The zero-order valence-corrected chi connectivity index (χ0v) is 11.2. The van der Waals surface area contributed by atoms with Gasteiger partial charge < -0.3 is 9.47 Å². The van der Waals surface area contributed by atoms with Crippen molar-refractivity contribution in [2.45, 2.75) is 52.2 Å². The lowest BCUT2D eigenvalue weighted by atomic mass is 10.00. The van der Waals surface area contributed by atoms with Gasteiger partial charge in [-0.2, -0.15) is 8.78 Å². The molecule has 1 aliphatic rings. The maximum absolute atomic E-state index is 12.3. The molecule has 1 fully saturated rings. The molecule has 0 amide bonds. The van der Waals surface area contributed by atoms with Crippen LogP contribution in [0, 0.1) is 5.92 Å². The molecule has 0 atom stereocenters. The van der Waals surface area contributed by atoms with Crippen LogP contribution in [0.15, 0.2) is 17.4 Å². The number of allylic oxidation sites excluding steroid dienone is 1. The van der Waals surface area contributed by atoms with Crippen LogP contribution in [-0.2, 0) is 9.47 Å². The fourth-order valence-corrected chi connectivity index (χ4v) is 1.84. The zero-order valence-electron chi connectivity index (χ0n) is 11.2. The summed E-state index contributed by atoms with van der Waals surface area (Å²) >= 11 is 0. The number of halogens is 2. The first-order valence-electron chi connectivity index (χ1n) is 6.61. The summed E-state index contributed by atoms with van der Waals surface area (Å²) in [7, 11) is 0. The summed E-state index contributed by atoms with van der Waals surface area (Å²) in [6.45, 7) is 5.56. The van der Waals surface area contributed by atoms with Crippen molar-refractivity contribution in [2.75, 3.05) is 13.2 Å². The minimum atomic E-state index is -1.74. The molecule has 4 heteroatoms. The van der Waals surface area contributed by atoms with Gasteiger partial charge in [0.2, 0.25) is 0 Å². The summed E-state index contributed by atoms with van der Waals surface area (Å²) < 4.78 is 35.4. The van der Waals surface area contributed by atoms with E-state index in [-0.39, 0.29) is 6.29 Å². The van der Waals surface area contributed by atoms with Crippen LogP contribution in [0.5, 0.6) is 0 Å². The maximum Gasteiger partial charge on any atom is 0.313 e. The van der Waals surface area contributed by atoms with Crippen LogP contribution in [0.2, 0.25) is 0 Å². The second-order valence-electron chi connectivity index (χ2n) is 4.98. The highest BCUT2D eigenvalue weighted by molar-refractivity contribution is 5.02. The van der Waals surface area contributed by atoms with Crippen molar-refractivity contribution in [3.63, 3.8) is 0 Å². The topological polar surface area (TPSA) is 18.5 Å². The van der Waals surface area contributed by atoms with Gasteiger partial charge in [-0.15, -0.1) is 0 Å². The fourth-order valence-electron chi connectivity index (χ4n) is 1.84. The first kappa shape index (κ1) is 15.4. The molecule has 0 radical (unpaired) electrons. The third-order valence-electron chi connectivity index (χ3n) is 2.87. The lowest BCUT2D eigenvalue weighted by molar-refractivity contribution is -0.180. The van der Waals surface area contributed by atoms with Gasteiger partial charge in [-0.25, -0.2) is 0 Å². The molecule has 0 aromatic carbocycles. The fraction of sp³-hybridized carbons (Fsp3) is 0.786. The summed E-state index contributed by atoms with van der Waals surface area (Å²) in [5, 5.41) is 0. The van der Waals surface area contributed by atoms with Crippen molar-refractivity contribution >= 4 is 0 Å². The second kappa shape index (κ2) is 8.41. The van der Waals surface area contributed by atoms with Gasteiger partial charge in [0.15, 0.2) is 6.29 Å².